The van der Waals surface area contributed by atoms with Gasteiger partial charge in [-0.15, -0.1) is 0 Å². The SMILES string of the molecule is COc1ccc(-c2cc3c4c(c2)[C@@H]2CNCC[C@@H]2N4CCO3)c(OC)c1. The molecular weight excluding hydrogens is 328 g/mol. The molecule has 0 spiro atoms. The summed E-state index contributed by atoms with van der Waals surface area (Å²) in [7, 11) is 3.38. The third kappa shape index (κ3) is 2.27. The van der Waals surface area contributed by atoms with Crippen LogP contribution < -0.4 is 24.4 Å². The summed E-state index contributed by atoms with van der Waals surface area (Å²) in [5.74, 6) is 3.16. The van der Waals surface area contributed by atoms with Crippen LogP contribution in [0.15, 0.2) is 30.3 Å². The maximum absolute atomic E-state index is 6.07. The van der Waals surface area contributed by atoms with Crippen molar-refractivity contribution in [2.45, 2.75) is 18.4 Å². The summed E-state index contributed by atoms with van der Waals surface area (Å²) in [6, 6.07) is 11.1. The number of benzene rings is 2. The van der Waals surface area contributed by atoms with E-state index in [2.05, 4.69) is 28.4 Å². The van der Waals surface area contributed by atoms with Crippen molar-refractivity contribution in [2.24, 2.45) is 0 Å². The molecule has 5 rings (SSSR count). The fourth-order valence-electron chi connectivity index (χ4n) is 4.75. The predicted octanol–water partition coefficient (Wildman–Crippen LogP) is 3.03. The molecule has 0 aliphatic carbocycles. The first-order valence-electron chi connectivity index (χ1n) is 9.30. The molecule has 2 atom stereocenters. The van der Waals surface area contributed by atoms with E-state index in [0.717, 1.165) is 54.6 Å². The van der Waals surface area contributed by atoms with Gasteiger partial charge in [0.1, 0.15) is 23.9 Å². The first-order valence-corrected chi connectivity index (χ1v) is 9.30. The lowest BCUT2D eigenvalue weighted by Gasteiger charge is -2.36. The highest BCUT2D eigenvalue weighted by atomic mass is 16.5. The van der Waals surface area contributed by atoms with Crippen LogP contribution in [0.3, 0.4) is 0 Å². The molecule has 3 heterocycles. The van der Waals surface area contributed by atoms with Gasteiger partial charge in [0.25, 0.3) is 0 Å². The van der Waals surface area contributed by atoms with E-state index in [9.17, 15) is 0 Å². The number of methoxy groups -OCH3 is 2. The van der Waals surface area contributed by atoms with Crippen LogP contribution in [0, 0.1) is 0 Å². The van der Waals surface area contributed by atoms with Gasteiger partial charge in [-0.25, -0.2) is 0 Å². The van der Waals surface area contributed by atoms with Gasteiger partial charge >= 0.3 is 0 Å². The van der Waals surface area contributed by atoms with Crippen LogP contribution in [0.25, 0.3) is 11.1 Å². The lowest BCUT2D eigenvalue weighted by molar-refractivity contribution is 0.295. The van der Waals surface area contributed by atoms with Gasteiger partial charge in [0.15, 0.2) is 0 Å². The number of anilines is 1. The highest BCUT2D eigenvalue weighted by Gasteiger charge is 2.43. The Hall–Kier alpha value is -2.40. The minimum atomic E-state index is 0.531. The van der Waals surface area contributed by atoms with Gasteiger partial charge in [0.2, 0.25) is 0 Å². The Morgan fingerprint density at radius 2 is 2.08 bits per heavy atom. The van der Waals surface area contributed by atoms with Crippen molar-refractivity contribution >= 4 is 5.69 Å². The summed E-state index contributed by atoms with van der Waals surface area (Å²) >= 11 is 0. The van der Waals surface area contributed by atoms with Gasteiger partial charge in [-0.3, -0.25) is 0 Å². The Morgan fingerprint density at radius 3 is 2.92 bits per heavy atom. The molecule has 2 aromatic rings. The summed E-state index contributed by atoms with van der Waals surface area (Å²) in [6.07, 6.45) is 1.19. The lowest BCUT2D eigenvalue weighted by Crippen LogP contribution is -2.46. The zero-order valence-electron chi connectivity index (χ0n) is 15.2. The first-order chi connectivity index (χ1) is 12.8. The lowest BCUT2D eigenvalue weighted by atomic mass is 9.88. The van der Waals surface area contributed by atoms with Gasteiger partial charge in [-0.05, 0) is 48.4 Å². The quantitative estimate of drug-likeness (QED) is 0.920. The van der Waals surface area contributed by atoms with E-state index >= 15 is 0 Å². The number of ether oxygens (including phenoxy) is 3. The molecule has 0 radical (unpaired) electrons. The number of piperidine rings is 1. The second-order valence-electron chi connectivity index (χ2n) is 7.19. The molecule has 0 unspecified atom stereocenters. The largest absolute Gasteiger partial charge is 0.497 e. The molecular formula is C21H24N2O3. The van der Waals surface area contributed by atoms with E-state index in [1.165, 1.54) is 17.7 Å². The molecule has 3 aliphatic heterocycles. The van der Waals surface area contributed by atoms with Crippen molar-refractivity contribution in [2.75, 3.05) is 45.4 Å². The molecule has 0 saturated carbocycles. The van der Waals surface area contributed by atoms with Crippen LogP contribution in [0.2, 0.25) is 0 Å². The van der Waals surface area contributed by atoms with Crippen molar-refractivity contribution in [1.82, 2.24) is 5.32 Å². The van der Waals surface area contributed by atoms with Crippen LogP contribution in [-0.4, -0.2) is 46.5 Å². The molecule has 0 amide bonds. The second-order valence-corrected chi connectivity index (χ2v) is 7.19. The number of fused-ring (bicyclic) bond motifs is 3. The molecule has 26 heavy (non-hydrogen) atoms. The molecule has 1 N–H and O–H groups in total. The Kier molecular flexibility index (Phi) is 3.71. The van der Waals surface area contributed by atoms with Crippen molar-refractivity contribution in [1.29, 1.82) is 0 Å². The topological polar surface area (TPSA) is 43.0 Å². The van der Waals surface area contributed by atoms with Gasteiger partial charge < -0.3 is 24.4 Å². The molecule has 2 aromatic carbocycles. The summed E-state index contributed by atoms with van der Waals surface area (Å²) in [5, 5.41) is 3.57. The maximum atomic E-state index is 6.07. The minimum absolute atomic E-state index is 0.531. The Morgan fingerprint density at radius 1 is 1.15 bits per heavy atom. The number of rotatable bonds is 3. The molecule has 5 heteroatoms. The fraction of sp³-hybridized carbons (Fsp3) is 0.429. The standard InChI is InChI=1S/C21H24N2O3/c1-24-14-3-4-15(19(11-14)25-2)13-9-16-17-12-22-6-5-18(17)23-7-8-26-20(10-13)21(16)23/h3-4,9-11,17-18,22H,5-8,12H2,1-2H3/t17-,18-/m0/s1. The van der Waals surface area contributed by atoms with Crippen LogP contribution in [-0.2, 0) is 0 Å². The van der Waals surface area contributed by atoms with Gasteiger partial charge in [-0.1, -0.05) is 0 Å². The number of nitrogens with one attached hydrogen (secondary N) is 1. The Labute approximate surface area is 153 Å². The predicted molar refractivity (Wildman–Crippen MR) is 102 cm³/mol. The van der Waals surface area contributed by atoms with E-state index in [1.807, 2.05) is 12.1 Å². The van der Waals surface area contributed by atoms with Gasteiger partial charge in [0, 0.05) is 30.1 Å². The number of hydrogen-bond donors (Lipinski definition) is 1. The second kappa shape index (κ2) is 6.09. The van der Waals surface area contributed by atoms with E-state index in [-0.39, 0.29) is 0 Å². The van der Waals surface area contributed by atoms with E-state index < -0.39 is 0 Å². The average Bonchev–Trinajstić information content (AvgIpc) is 3.03. The normalized spacial score (nSPS) is 23.1. The van der Waals surface area contributed by atoms with Crippen LogP contribution >= 0.6 is 0 Å². The van der Waals surface area contributed by atoms with Crippen molar-refractivity contribution in [3.8, 4) is 28.4 Å². The van der Waals surface area contributed by atoms with E-state index in [0.29, 0.717) is 12.0 Å². The molecule has 3 aliphatic rings. The third-order valence-corrected chi connectivity index (χ3v) is 5.95. The summed E-state index contributed by atoms with van der Waals surface area (Å²) in [4.78, 5) is 2.58. The first kappa shape index (κ1) is 15.8. The molecule has 5 nitrogen and oxygen atoms in total. The van der Waals surface area contributed by atoms with E-state index in [4.69, 9.17) is 14.2 Å². The highest BCUT2D eigenvalue weighted by Crippen LogP contribution is 2.51. The monoisotopic (exact) mass is 352 g/mol. The zero-order valence-corrected chi connectivity index (χ0v) is 15.2. The average molecular weight is 352 g/mol. The molecule has 136 valence electrons. The molecule has 0 aromatic heterocycles. The third-order valence-electron chi connectivity index (χ3n) is 5.95. The Balaban J connectivity index is 1.65. The summed E-state index contributed by atoms with van der Waals surface area (Å²) in [6.45, 7) is 3.89. The van der Waals surface area contributed by atoms with Gasteiger partial charge in [-0.2, -0.15) is 0 Å². The number of hydrogen-bond acceptors (Lipinski definition) is 5. The number of nitrogens with zero attached hydrogens (tertiary/aromatic N) is 1. The highest BCUT2D eigenvalue weighted by molar-refractivity contribution is 5.81. The summed E-state index contributed by atoms with van der Waals surface area (Å²) in [5.41, 5.74) is 4.94. The Bertz CT molecular complexity index is 851. The van der Waals surface area contributed by atoms with Crippen molar-refractivity contribution < 1.29 is 14.2 Å². The molecule has 1 saturated heterocycles. The fourth-order valence-corrected chi connectivity index (χ4v) is 4.75. The van der Waals surface area contributed by atoms with Crippen molar-refractivity contribution in [3.63, 3.8) is 0 Å². The summed E-state index contributed by atoms with van der Waals surface area (Å²) < 4.78 is 17.0. The minimum Gasteiger partial charge on any atom is -0.497 e. The van der Waals surface area contributed by atoms with Crippen molar-refractivity contribution in [3.05, 3.63) is 35.9 Å². The maximum Gasteiger partial charge on any atom is 0.143 e. The van der Waals surface area contributed by atoms with Crippen LogP contribution in [0.1, 0.15) is 17.9 Å². The van der Waals surface area contributed by atoms with E-state index in [1.54, 1.807) is 14.2 Å². The van der Waals surface area contributed by atoms with Crippen LogP contribution in [0.5, 0.6) is 17.2 Å². The smallest absolute Gasteiger partial charge is 0.143 e. The molecule has 1 fully saturated rings. The molecule has 0 bridgehead atoms. The zero-order chi connectivity index (χ0) is 17.7. The van der Waals surface area contributed by atoms with Gasteiger partial charge in [0.05, 0.1) is 26.5 Å². The van der Waals surface area contributed by atoms with Crippen LogP contribution in [0.4, 0.5) is 5.69 Å².